The molecule has 2 saturated carbocycles. The molecule has 1 saturated heterocycles. The normalized spacial score (nSPS) is 32.5. The van der Waals surface area contributed by atoms with E-state index in [0.717, 1.165) is 12.0 Å². The Hall–Kier alpha value is -0.730. The van der Waals surface area contributed by atoms with Gasteiger partial charge in [-0.1, -0.05) is 25.0 Å². The number of fused-ring (bicyclic) bond motifs is 2. The number of hydrogen-bond donors (Lipinski definition) is 1. The third-order valence-electron chi connectivity index (χ3n) is 6.02. The van der Waals surface area contributed by atoms with Gasteiger partial charge in [0.15, 0.2) is 0 Å². The standard InChI is InChI=1S/C18H25NO.ClH/c20-17-8-2-6-15(10-17)18-9-3-7-16(11-18)19(13-18)12-14-4-1-5-14;/h2,6,8,10,14,16,20H,1,3-5,7,9,11-13H2;1H. The number of phenolic OH excluding ortho intramolecular Hbond substituents is 1. The Morgan fingerprint density at radius 3 is 2.76 bits per heavy atom. The summed E-state index contributed by atoms with van der Waals surface area (Å²) in [6, 6.07) is 8.84. The number of halogens is 1. The van der Waals surface area contributed by atoms with Gasteiger partial charge in [-0.25, -0.2) is 0 Å². The molecule has 2 bridgehead atoms. The van der Waals surface area contributed by atoms with Gasteiger partial charge in [-0.3, -0.25) is 4.90 Å². The van der Waals surface area contributed by atoms with E-state index >= 15 is 0 Å². The quantitative estimate of drug-likeness (QED) is 0.908. The van der Waals surface area contributed by atoms with Crippen molar-refractivity contribution < 1.29 is 5.11 Å². The molecule has 1 aliphatic heterocycles. The summed E-state index contributed by atoms with van der Waals surface area (Å²) < 4.78 is 0. The topological polar surface area (TPSA) is 23.5 Å². The van der Waals surface area contributed by atoms with Crippen LogP contribution in [0, 0.1) is 5.92 Å². The van der Waals surface area contributed by atoms with Crippen LogP contribution in [-0.2, 0) is 5.41 Å². The largest absolute Gasteiger partial charge is 0.508 e. The van der Waals surface area contributed by atoms with Crippen LogP contribution in [0.2, 0.25) is 0 Å². The first-order valence-corrected chi connectivity index (χ1v) is 8.29. The van der Waals surface area contributed by atoms with E-state index in [1.165, 1.54) is 63.6 Å². The minimum Gasteiger partial charge on any atom is -0.508 e. The van der Waals surface area contributed by atoms with Crippen molar-refractivity contribution in [3.05, 3.63) is 29.8 Å². The highest BCUT2D eigenvalue weighted by molar-refractivity contribution is 5.85. The monoisotopic (exact) mass is 307 g/mol. The van der Waals surface area contributed by atoms with Gasteiger partial charge in [-0.15, -0.1) is 12.4 Å². The zero-order chi connectivity index (χ0) is 13.6. The molecule has 3 aliphatic rings. The number of phenols is 1. The molecular weight excluding hydrogens is 282 g/mol. The van der Waals surface area contributed by atoms with Gasteiger partial charge in [0.25, 0.3) is 0 Å². The summed E-state index contributed by atoms with van der Waals surface area (Å²) >= 11 is 0. The second-order valence-corrected chi connectivity index (χ2v) is 7.31. The minimum atomic E-state index is 0. The lowest BCUT2D eigenvalue weighted by molar-refractivity contribution is 0.163. The molecule has 21 heavy (non-hydrogen) atoms. The van der Waals surface area contributed by atoms with E-state index in [1.54, 1.807) is 6.07 Å². The summed E-state index contributed by atoms with van der Waals surface area (Å²) in [4.78, 5) is 2.78. The fourth-order valence-corrected chi connectivity index (χ4v) is 4.71. The summed E-state index contributed by atoms with van der Waals surface area (Å²) in [5, 5.41) is 9.81. The van der Waals surface area contributed by atoms with Crippen molar-refractivity contribution in [2.75, 3.05) is 13.1 Å². The van der Waals surface area contributed by atoms with Gasteiger partial charge in [0.2, 0.25) is 0 Å². The van der Waals surface area contributed by atoms with E-state index in [9.17, 15) is 5.11 Å². The molecule has 116 valence electrons. The molecule has 4 rings (SSSR count). The molecule has 1 aromatic carbocycles. The Bertz CT molecular complexity index is 502. The maximum absolute atomic E-state index is 9.81. The van der Waals surface area contributed by atoms with E-state index in [4.69, 9.17) is 0 Å². The third kappa shape index (κ3) is 2.68. The lowest BCUT2D eigenvalue weighted by Gasteiger charge is -2.33. The van der Waals surface area contributed by atoms with Gasteiger partial charge >= 0.3 is 0 Å². The van der Waals surface area contributed by atoms with Crippen molar-refractivity contribution >= 4 is 12.4 Å². The van der Waals surface area contributed by atoms with Crippen LogP contribution in [0.1, 0.15) is 50.5 Å². The molecule has 2 nitrogen and oxygen atoms in total. The Balaban J connectivity index is 0.00000132. The highest BCUT2D eigenvalue weighted by Crippen LogP contribution is 2.48. The highest BCUT2D eigenvalue weighted by atomic mass is 35.5. The lowest BCUT2D eigenvalue weighted by atomic mass is 9.71. The van der Waals surface area contributed by atoms with Gasteiger partial charge in [0.1, 0.15) is 5.75 Å². The van der Waals surface area contributed by atoms with Crippen molar-refractivity contribution in [3.63, 3.8) is 0 Å². The molecule has 1 aromatic rings. The van der Waals surface area contributed by atoms with E-state index in [1.807, 2.05) is 12.1 Å². The number of rotatable bonds is 3. The third-order valence-corrected chi connectivity index (χ3v) is 6.02. The second kappa shape index (κ2) is 5.81. The molecule has 2 unspecified atom stereocenters. The number of likely N-dealkylation sites (tertiary alicyclic amines) is 1. The molecule has 1 N–H and O–H groups in total. The van der Waals surface area contributed by atoms with Gasteiger partial charge in [0, 0.05) is 24.5 Å². The molecular formula is C18H26ClNO. The van der Waals surface area contributed by atoms with Gasteiger partial charge in [0.05, 0.1) is 0 Å². The second-order valence-electron chi connectivity index (χ2n) is 7.31. The van der Waals surface area contributed by atoms with Crippen LogP contribution in [0.5, 0.6) is 5.75 Å². The Morgan fingerprint density at radius 2 is 2.05 bits per heavy atom. The van der Waals surface area contributed by atoms with Crippen LogP contribution < -0.4 is 0 Å². The highest BCUT2D eigenvalue weighted by Gasteiger charge is 2.47. The van der Waals surface area contributed by atoms with E-state index in [0.29, 0.717) is 11.2 Å². The summed E-state index contributed by atoms with van der Waals surface area (Å²) in [5.74, 6) is 1.40. The van der Waals surface area contributed by atoms with Gasteiger partial charge < -0.3 is 5.11 Å². The lowest BCUT2D eigenvalue weighted by Crippen LogP contribution is -2.36. The first-order chi connectivity index (χ1) is 9.75. The number of nitrogens with zero attached hydrogens (tertiary/aromatic N) is 1. The maximum atomic E-state index is 9.81. The van der Waals surface area contributed by atoms with E-state index in [2.05, 4.69) is 11.0 Å². The van der Waals surface area contributed by atoms with Crippen molar-refractivity contribution in [2.24, 2.45) is 5.92 Å². The van der Waals surface area contributed by atoms with Crippen LogP contribution in [0.25, 0.3) is 0 Å². The minimum absolute atomic E-state index is 0. The summed E-state index contributed by atoms with van der Waals surface area (Å²) in [6.45, 7) is 2.54. The van der Waals surface area contributed by atoms with Crippen LogP contribution in [0.4, 0.5) is 0 Å². The van der Waals surface area contributed by atoms with Crippen molar-refractivity contribution in [3.8, 4) is 5.75 Å². The summed E-state index contributed by atoms with van der Waals surface area (Å²) in [7, 11) is 0. The van der Waals surface area contributed by atoms with E-state index in [-0.39, 0.29) is 12.4 Å². The number of aromatic hydroxyl groups is 1. The van der Waals surface area contributed by atoms with Crippen molar-refractivity contribution in [1.82, 2.24) is 4.90 Å². The molecule has 2 aliphatic carbocycles. The first-order valence-electron chi connectivity index (χ1n) is 8.29. The maximum Gasteiger partial charge on any atom is 0.115 e. The predicted octanol–water partition coefficient (Wildman–Crippen LogP) is 4.11. The van der Waals surface area contributed by atoms with Crippen LogP contribution in [0.3, 0.4) is 0 Å². The van der Waals surface area contributed by atoms with Crippen LogP contribution in [-0.4, -0.2) is 29.1 Å². The summed E-state index contributed by atoms with van der Waals surface area (Å²) in [5.41, 5.74) is 1.70. The zero-order valence-corrected chi connectivity index (χ0v) is 13.4. The van der Waals surface area contributed by atoms with Crippen LogP contribution >= 0.6 is 12.4 Å². The molecule has 0 amide bonds. The number of benzene rings is 1. The fourth-order valence-electron chi connectivity index (χ4n) is 4.71. The van der Waals surface area contributed by atoms with Crippen molar-refractivity contribution in [1.29, 1.82) is 0 Å². The molecule has 1 heterocycles. The smallest absolute Gasteiger partial charge is 0.115 e. The zero-order valence-electron chi connectivity index (χ0n) is 12.6. The van der Waals surface area contributed by atoms with Crippen LogP contribution in [0.15, 0.2) is 24.3 Å². The SMILES string of the molecule is Cl.Oc1cccc(C23CCCC(C2)N(CC2CCC2)C3)c1. The average molecular weight is 308 g/mol. The average Bonchev–Trinajstić information content (AvgIpc) is 2.66. The van der Waals surface area contributed by atoms with Crippen molar-refractivity contribution in [2.45, 2.75) is 56.4 Å². The molecule has 0 spiro atoms. The predicted molar refractivity (Wildman–Crippen MR) is 88.2 cm³/mol. The molecule has 3 heteroatoms. The Kier molecular flexibility index (Phi) is 4.20. The van der Waals surface area contributed by atoms with E-state index < -0.39 is 0 Å². The molecule has 0 aromatic heterocycles. The first kappa shape index (κ1) is 15.2. The summed E-state index contributed by atoms with van der Waals surface area (Å²) in [6.07, 6.45) is 9.68. The van der Waals surface area contributed by atoms with Gasteiger partial charge in [-0.2, -0.15) is 0 Å². The molecule has 2 atom stereocenters. The molecule has 3 fully saturated rings. The number of hydrogen-bond acceptors (Lipinski definition) is 2. The fraction of sp³-hybridized carbons (Fsp3) is 0.667. The Labute approximate surface area is 134 Å². The Morgan fingerprint density at radius 1 is 1.19 bits per heavy atom. The van der Waals surface area contributed by atoms with Gasteiger partial charge in [-0.05, 0) is 55.7 Å². The molecule has 0 radical (unpaired) electrons.